The van der Waals surface area contributed by atoms with Gasteiger partial charge in [0.1, 0.15) is 11.9 Å². The first-order valence-electron chi connectivity index (χ1n) is 5.39. The summed E-state index contributed by atoms with van der Waals surface area (Å²) in [5.74, 6) is -0.427. The maximum absolute atomic E-state index is 13.5. The van der Waals surface area contributed by atoms with E-state index < -0.39 is 5.82 Å². The minimum absolute atomic E-state index is 0.224. The summed E-state index contributed by atoms with van der Waals surface area (Å²) in [5.41, 5.74) is 7.51. The molecule has 0 aliphatic carbocycles. The normalized spacial score (nSPS) is 11.6. The Bertz CT molecular complexity index is 675. The predicted molar refractivity (Wildman–Crippen MR) is 75.0 cm³/mol. The van der Waals surface area contributed by atoms with Gasteiger partial charge in [-0.25, -0.2) is 4.39 Å². The zero-order valence-electron chi connectivity index (χ0n) is 9.77. The van der Waals surface area contributed by atoms with E-state index in [4.69, 9.17) is 5.73 Å². The van der Waals surface area contributed by atoms with E-state index >= 15 is 0 Å². The number of halogens is 2. The molecule has 2 rings (SSSR count). The van der Waals surface area contributed by atoms with Crippen LogP contribution in [0.2, 0.25) is 0 Å². The summed E-state index contributed by atoms with van der Waals surface area (Å²) in [6.45, 7) is 0. The number of hydrogen-bond acceptors (Lipinski definition) is 3. The first kappa shape index (κ1) is 13.2. The lowest BCUT2D eigenvalue weighted by Crippen LogP contribution is -2.01. The number of nitrogens with two attached hydrogens (primary N) is 1. The van der Waals surface area contributed by atoms with E-state index in [1.807, 2.05) is 6.07 Å². The lowest BCUT2D eigenvalue weighted by molar-refractivity contribution is 0.620. The van der Waals surface area contributed by atoms with Crippen LogP contribution in [-0.4, -0.2) is 4.98 Å². The van der Waals surface area contributed by atoms with Gasteiger partial charge in [0.2, 0.25) is 0 Å². The molecule has 0 atom stereocenters. The number of aromatic nitrogens is 1. The molecular weight excluding hydrogens is 309 g/mol. The van der Waals surface area contributed by atoms with Gasteiger partial charge in [-0.2, -0.15) is 5.26 Å². The van der Waals surface area contributed by atoms with Crippen molar-refractivity contribution >= 4 is 27.2 Å². The minimum Gasteiger partial charge on any atom is -0.397 e. The number of nitrogens with zero attached hydrogens (tertiary/aromatic N) is 2. The average molecular weight is 318 g/mol. The molecule has 0 aliphatic heterocycles. The van der Waals surface area contributed by atoms with Gasteiger partial charge in [-0.1, -0.05) is 12.1 Å². The molecule has 0 bridgehead atoms. The second-order valence-corrected chi connectivity index (χ2v) is 4.63. The number of rotatable bonds is 2. The SMILES string of the molecule is N#C/C(=C(/N)c1ccc(Br)c(F)c1)c1cccnc1. The molecule has 0 spiro atoms. The minimum atomic E-state index is -0.427. The quantitative estimate of drug-likeness (QED) is 0.864. The Kier molecular flexibility index (Phi) is 3.93. The molecule has 5 heteroatoms. The summed E-state index contributed by atoms with van der Waals surface area (Å²) in [4.78, 5) is 3.94. The Hall–Kier alpha value is -2.19. The van der Waals surface area contributed by atoms with Crippen LogP contribution in [0.4, 0.5) is 4.39 Å². The van der Waals surface area contributed by atoms with Crippen molar-refractivity contribution in [2.45, 2.75) is 0 Å². The monoisotopic (exact) mass is 317 g/mol. The fraction of sp³-hybridized carbons (Fsp3) is 0. The first-order chi connectivity index (χ1) is 9.13. The molecule has 2 aromatic rings. The van der Waals surface area contributed by atoms with Crippen molar-refractivity contribution in [3.8, 4) is 6.07 Å². The van der Waals surface area contributed by atoms with Crippen LogP contribution in [0.25, 0.3) is 11.3 Å². The average Bonchev–Trinajstić information content (AvgIpc) is 2.44. The lowest BCUT2D eigenvalue weighted by atomic mass is 10.0. The maximum atomic E-state index is 13.5. The van der Waals surface area contributed by atoms with Crippen LogP contribution in [0, 0.1) is 17.1 Å². The van der Waals surface area contributed by atoms with E-state index in [1.165, 1.54) is 6.07 Å². The topological polar surface area (TPSA) is 62.7 Å². The van der Waals surface area contributed by atoms with Crippen molar-refractivity contribution in [2.75, 3.05) is 0 Å². The molecule has 0 aliphatic rings. The van der Waals surface area contributed by atoms with Crippen LogP contribution in [0.15, 0.2) is 47.2 Å². The second-order valence-electron chi connectivity index (χ2n) is 3.77. The second kappa shape index (κ2) is 5.63. The number of pyridine rings is 1. The Morgan fingerprint density at radius 2 is 2.11 bits per heavy atom. The van der Waals surface area contributed by atoms with Crippen molar-refractivity contribution in [3.63, 3.8) is 0 Å². The molecule has 2 N–H and O–H groups in total. The van der Waals surface area contributed by atoms with Gasteiger partial charge in [-0.15, -0.1) is 0 Å². The van der Waals surface area contributed by atoms with Crippen LogP contribution in [0.5, 0.6) is 0 Å². The molecule has 0 radical (unpaired) electrons. The third-order valence-corrected chi connectivity index (χ3v) is 3.21. The summed E-state index contributed by atoms with van der Waals surface area (Å²) in [5, 5.41) is 9.22. The fourth-order valence-corrected chi connectivity index (χ4v) is 1.85. The molecule has 0 fully saturated rings. The van der Waals surface area contributed by atoms with E-state index in [-0.39, 0.29) is 11.3 Å². The number of benzene rings is 1. The van der Waals surface area contributed by atoms with Gasteiger partial charge in [0, 0.05) is 23.5 Å². The summed E-state index contributed by atoms with van der Waals surface area (Å²) in [6.07, 6.45) is 3.15. The predicted octanol–water partition coefficient (Wildman–Crippen LogP) is 3.33. The molecule has 1 aromatic carbocycles. The Balaban J connectivity index is 2.56. The van der Waals surface area contributed by atoms with Crippen molar-refractivity contribution in [1.82, 2.24) is 4.98 Å². The van der Waals surface area contributed by atoms with Gasteiger partial charge in [0.25, 0.3) is 0 Å². The molecule has 0 amide bonds. The highest BCUT2D eigenvalue weighted by atomic mass is 79.9. The zero-order chi connectivity index (χ0) is 13.8. The number of nitriles is 1. The van der Waals surface area contributed by atoms with Crippen molar-refractivity contribution in [2.24, 2.45) is 5.73 Å². The maximum Gasteiger partial charge on any atom is 0.138 e. The molecule has 19 heavy (non-hydrogen) atoms. The molecule has 94 valence electrons. The van der Waals surface area contributed by atoms with Crippen LogP contribution in [-0.2, 0) is 0 Å². The summed E-state index contributed by atoms with van der Waals surface area (Å²) in [7, 11) is 0. The largest absolute Gasteiger partial charge is 0.397 e. The molecule has 1 heterocycles. The molecule has 0 unspecified atom stereocenters. The molecule has 0 saturated carbocycles. The standard InChI is InChI=1S/C14H9BrFN3/c15-12-4-3-9(6-13(12)16)14(18)11(7-17)10-2-1-5-19-8-10/h1-6,8H,18H2/b14-11-. The highest BCUT2D eigenvalue weighted by Gasteiger charge is 2.10. The number of allylic oxidation sites excluding steroid dienone is 1. The molecule has 1 aromatic heterocycles. The van der Waals surface area contributed by atoms with Gasteiger partial charge in [0.05, 0.1) is 15.7 Å². The highest BCUT2D eigenvalue weighted by Crippen LogP contribution is 2.24. The van der Waals surface area contributed by atoms with E-state index in [0.29, 0.717) is 15.6 Å². The zero-order valence-corrected chi connectivity index (χ0v) is 11.4. The molecule has 3 nitrogen and oxygen atoms in total. The van der Waals surface area contributed by atoms with Crippen LogP contribution in [0.1, 0.15) is 11.1 Å². The summed E-state index contributed by atoms with van der Waals surface area (Å²) in [6, 6.07) is 9.96. The van der Waals surface area contributed by atoms with Gasteiger partial charge < -0.3 is 5.73 Å². The van der Waals surface area contributed by atoms with Crippen molar-refractivity contribution in [3.05, 3.63) is 64.1 Å². The third-order valence-electron chi connectivity index (χ3n) is 2.56. The summed E-state index contributed by atoms with van der Waals surface area (Å²) < 4.78 is 13.8. The van der Waals surface area contributed by atoms with E-state index in [0.717, 1.165) is 0 Å². The van der Waals surface area contributed by atoms with Crippen molar-refractivity contribution in [1.29, 1.82) is 5.26 Å². The van der Waals surface area contributed by atoms with E-state index in [2.05, 4.69) is 20.9 Å². The molecular formula is C14H9BrFN3. The first-order valence-corrected chi connectivity index (χ1v) is 6.18. The molecule has 0 saturated heterocycles. The smallest absolute Gasteiger partial charge is 0.138 e. The van der Waals surface area contributed by atoms with Gasteiger partial charge >= 0.3 is 0 Å². The third kappa shape index (κ3) is 2.80. The van der Waals surface area contributed by atoms with E-state index in [9.17, 15) is 9.65 Å². The van der Waals surface area contributed by atoms with Crippen molar-refractivity contribution < 1.29 is 4.39 Å². The van der Waals surface area contributed by atoms with Gasteiger partial charge in [-0.3, -0.25) is 4.98 Å². The van der Waals surface area contributed by atoms with Crippen LogP contribution >= 0.6 is 15.9 Å². The highest BCUT2D eigenvalue weighted by molar-refractivity contribution is 9.10. The number of hydrogen-bond donors (Lipinski definition) is 1. The Morgan fingerprint density at radius 3 is 2.68 bits per heavy atom. The van der Waals surface area contributed by atoms with E-state index in [1.54, 1.807) is 36.7 Å². The van der Waals surface area contributed by atoms with Gasteiger partial charge in [-0.05, 0) is 34.1 Å². The summed E-state index contributed by atoms with van der Waals surface area (Å²) >= 11 is 3.07. The van der Waals surface area contributed by atoms with Crippen LogP contribution in [0.3, 0.4) is 0 Å². The lowest BCUT2D eigenvalue weighted by Gasteiger charge is -2.06. The Morgan fingerprint density at radius 1 is 1.32 bits per heavy atom. The Labute approximate surface area is 118 Å². The van der Waals surface area contributed by atoms with Crippen LogP contribution < -0.4 is 5.73 Å². The fourth-order valence-electron chi connectivity index (χ4n) is 1.60. The van der Waals surface area contributed by atoms with Gasteiger partial charge in [0.15, 0.2) is 0 Å².